The van der Waals surface area contributed by atoms with Crippen LogP contribution in [0.1, 0.15) is 23.0 Å². The molecule has 78 valence electrons. The first-order chi connectivity index (χ1) is 7.33. The first kappa shape index (κ1) is 9.86. The van der Waals surface area contributed by atoms with Crippen LogP contribution < -0.4 is 5.32 Å². The molecule has 2 heterocycles. The van der Waals surface area contributed by atoms with Gasteiger partial charge in [-0.3, -0.25) is 4.98 Å². The van der Waals surface area contributed by atoms with Crippen LogP contribution in [0.5, 0.6) is 0 Å². The van der Waals surface area contributed by atoms with Crippen LogP contribution >= 0.6 is 0 Å². The molecule has 0 bridgehead atoms. The van der Waals surface area contributed by atoms with Crippen LogP contribution in [0.2, 0.25) is 0 Å². The Balaban J connectivity index is 2.40. The molecule has 2 rings (SSSR count). The minimum Gasteiger partial charge on any atom is -0.347 e. The smallest absolute Gasteiger partial charge is 0.127 e. The quantitative estimate of drug-likeness (QED) is 0.791. The molecule has 2 aromatic heterocycles. The highest BCUT2D eigenvalue weighted by molar-refractivity contribution is 5.29. The zero-order valence-corrected chi connectivity index (χ0v) is 8.86. The molecule has 0 aliphatic heterocycles. The van der Waals surface area contributed by atoms with E-state index in [9.17, 15) is 0 Å². The molecule has 0 spiro atoms. The van der Waals surface area contributed by atoms with Gasteiger partial charge in [-0.2, -0.15) is 0 Å². The Hall–Kier alpha value is -1.68. The van der Waals surface area contributed by atoms with Gasteiger partial charge < -0.3 is 10.3 Å². The Bertz CT molecular complexity index is 422. The maximum Gasteiger partial charge on any atom is 0.127 e. The average molecular weight is 202 g/mol. The molecule has 0 aliphatic rings. The van der Waals surface area contributed by atoms with E-state index in [1.807, 2.05) is 25.5 Å². The van der Waals surface area contributed by atoms with Crippen LogP contribution in [-0.4, -0.2) is 22.0 Å². The molecule has 15 heavy (non-hydrogen) atoms. The van der Waals surface area contributed by atoms with Crippen molar-refractivity contribution >= 4 is 0 Å². The minimum absolute atomic E-state index is 0.0775. The van der Waals surface area contributed by atoms with E-state index in [1.54, 1.807) is 12.4 Å². The summed E-state index contributed by atoms with van der Waals surface area (Å²) in [5.74, 6) is 0.911. The number of aromatic amines is 1. The lowest BCUT2D eigenvalue weighted by molar-refractivity contribution is 0.649. The molecule has 2 N–H and O–H groups in total. The van der Waals surface area contributed by atoms with Crippen LogP contribution in [0.15, 0.2) is 30.9 Å². The van der Waals surface area contributed by atoms with E-state index in [1.165, 1.54) is 5.56 Å². The Morgan fingerprint density at radius 2 is 2.27 bits per heavy atom. The van der Waals surface area contributed by atoms with E-state index in [-0.39, 0.29) is 6.04 Å². The van der Waals surface area contributed by atoms with Gasteiger partial charge in [0, 0.05) is 24.8 Å². The van der Waals surface area contributed by atoms with Crippen molar-refractivity contribution in [3.63, 3.8) is 0 Å². The topological polar surface area (TPSA) is 53.6 Å². The maximum atomic E-state index is 4.26. The largest absolute Gasteiger partial charge is 0.347 e. The zero-order chi connectivity index (χ0) is 10.7. The van der Waals surface area contributed by atoms with Gasteiger partial charge in [-0.1, -0.05) is 0 Å². The van der Waals surface area contributed by atoms with E-state index >= 15 is 0 Å². The highest BCUT2D eigenvalue weighted by Crippen LogP contribution is 2.20. The van der Waals surface area contributed by atoms with Crippen molar-refractivity contribution in [2.75, 3.05) is 7.05 Å². The fourth-order valence-electron chi connectivity index (χ4n) is 1.65. The Kier molecular flexibility index (Phi) is 2.78. The molecule has 1 unspecified atom stereocenters. The molecular weight excluding hydrogens is 188 g/mol. The average Bonchev–Trinajstić information content (AvgIpc) is 2.75. The number of H-pyrrole nitrogens is 1. The number of hydrogen-bond donors (Lipinski definition) is 2. The number of nitrogens with one attached hydrogen (secondary N) is 2. The monoisotopic (exact) mass is 202 g/mol. The summed E-state index contributed by atoms with van der Waals surface area (Å²) in [7, 11) is 1.92. The van der Waals surface area contributed by atoms with Gasteiger partial charge in [0.1, 0.15) is 5.82 Å². The van der Waals surface area contributed by atoms with Gasteiger partial charge in [-0.05, 0) is 31.2 Å². The van der Waals surface area contributed by atoms with Gasteiger partial charge in [0.05, 0.1) is 6.04 Å². The predicted octanol–water partition coefficient (Wildman–Crippen LogP) is 1.42. The lowest BCUT2D eigenvalue weighted by Crippen LogP contribution is -2.20. The molecule has 4 heteroatoms. The number of nitrogens with zero attached hydrogens (tertiary/aromatic N) is 2. The fraction of sp³-hybridized carbons (Fsp3) is 0.273. The Morgan fingerprint density at radius 3 is 2.87 bits per heavy atom. The lowest BCUT2D eigenvalue weighted by Gasteiger charge is -2.15. The third kappa shape index (κ3) is 1.89. The summed E-state index contributed by atoms with van der Waals surface area (Å²) in [4.78, 5) is 11.5. The zero-order valence-electron chi connectivity index (χ0n) is 8.86. The molecule has 1 atom stereocenters. The van der Waals surface area contributed by atoms with Crippen LogP contribution in [0.3, 0.4) is 0 Å². The van der Waals surface area contributed by atoms with E-state index < -0.39 is 0 Å². The van der Waals surface area contributed by atoms with Gasteiger partial charge in [0.15, 0.2) is 0 Å². The Labute approximate surface area is 88.8 Å². The molecule has 0 aliphatic carbocycles. The van der Waals surface area contributed by atoms with E-state index in [2.05, 4.69) is 27.2 Å². The predicted molar refractivity (Wildman–Crippen MR) is 58.5 cm³/mol. The fourth-order valence-corrected chi connectivity index (χ4v) is 1.65. The molecule has 4 nitrogen and oxygen atoms in total. The van der Waals surface area contributed by atoms with Gasteiger partial charge in [0.2, 0.25) is 0 Å². The van der Waals surface area contributed by atoms with Crippen molar-refractivity contribution < 1.29 is 0 Å². The van der Waals surface area contributed by atoms with Gasteiger partial charge in [-0.15, -0.1) is 0 Å². The first-order valence-electron chi connectivity index (χ1n) is 4.90. The van der Waals surface area contributed by atoms with Gasteiger partial charge in [-0.25, -0.2) is 4.98 Å². The van der Waals surface area contributed by atoms with Crippen molar-refractivity contribution in [3.8, 4) is 0 Å². The number of aryl methyl sites for hydroxylation is 1. The highest BCUT2D eigenvalue weighted by atomic mass is 15.0. The van der Waals surface area contributed by atoms with Crippen molar-refractivity contribution in [2.24, 2.45) is 0 Å². The number of pyridine rings is 1. The summed E-state index contributed by atoms with van der Waals surface area (Å²) in [6, 6.07) is 2.08. The normalized spacial score (nSPS) is 12.7. The van der Waals surface area contributed by atoms with Crippen LogP contribution in [-0.2, 0) is 0 Å². The number of hydrogen-bond acceptors (Lipinski definition) is 3. The Morgan fingerprint density at radius 1 is 1.40 bits per heavy atom. The molecule has 0 radical (unpaired) electrons. The SMILES string of the molecule is CNC(c1ncc[nH]1)c1cnccc1C. The highest BCUT2D eigenvalue weighted by Gasteiger charge is 2.15. The standard InChI is InChI=1S/C11H14N4/c1-8-3-4-13-7-9(8)10(12-2)11-14-5-6-15-11/h3-7,10,12H,1-2H3,(H,14,15). The van der Waals surface area contributed by atoms with Crippen molar-refractivity contribution in [2.45, 2.75) is 13.0 Å². The molecule has 0 fully saturated rings. The third-order valence-corrected chi connectivity index (χ3v) is 2.47. The van der Waals surface area contributed by atoms with Gasteiger partial charge >= 0.3 is 0 Å². The third-order valence-electron chi connectivity index (χ3n) is 2.47. The second-order valence-corrected chi connectivity index (χ2v) is 3.43. The van der Waals surface area contributed by atoms with Crippen molar-refractivity contribution in [1.82, 2.24) is 20.3 Å². The summed E-state index contributed by atoms with van der Waals surface area (Å²) in [5.41, 5.74) is 2.36. The summed E-state index contributed by atoms with van der Waals surface area (Å²) in [6.45, 7) is 2.07. The first-order valence-corrected chi connectivity index (χ1v) is 4.90. The number of aromatic nitrogens is 3. The molecule has 0 saturated heterocycles. The van der Waals surface area contributed by atoms with Crippen molar-refractivity contribution in [3.05, 3.63) is 47.8 Å². The lowest BCUT2D eigenvalue weighted by atomic mass is 10.0. The summed E-state index contributed by atoms with van der Waals surface area (Å²) < 4.78 is 0. The molecule has 0 aromatic carbocycles. The summed E-state index contributed by atoms with van der Waals surface area (Å²) in [6.07, 6.45) is 7.25. The molecule has 0 saturated carbocycles. The summed E-state index contributed by atoms with van der Waals surface area (Å²) >= 11 is 0. The molecular formula is C11H14N4. The molecule has 0 amide bonds. The number of imidazole rings is 1. The van der Waals surface area contributed by atoms with Crippen LogP contribution in [0.4, 0.5) is 0 Å². The minimum atomic E-state index is 0.0775. The summed E-state index contributed by atoms with van der Waals surface area (Å²) in [5, 5.41) is 3.23. The van der Waals surface area contributed by atoms with E-state index in [0.29, 0.717) is 0 Å². The second kappa shape index (κ2) is 4.23. The number of rotatable bonds is 3. The van der Waals surface area contributed by atoms with E-state index in [4.69, 9.17) is 0 Å². The van der Waals surface area contributed by atoms with E-state index in [0.717, 1.165) is 11.4 Å². The van der Waals surface area contributed by atoms with Crippen LogP contribution in [0, 0.1) is 6.92 Å². The van der Waals surface area contributed by atoms with Crippen LogP contribution in [0.25, 0.3) is 0 Å². The van der Waals surface area contributed by atoms with Crippen molar-refractivity contribution in [1.29, 1.82) is 0 Å². The maximum absolute atomic E-state index is 4.26. The molecule has 2 aromatic rings. The second-order valence-electron chi connectivity index (χ2n) is 3.43. The van der Waals surface area contributed by atoms with Gasteiger partial charge in [0.25, 0.3) is 0 Å².